The normalized spacial score (nSPS) is 30.4. The highest BCUT2D eigenvalue weighted by molar-refractivity contribution is 5.81. The molecule has 3 fully saturated rings. The largest absolute Gasteiger partial charge is 0.417 e. The summed E-state index contributed by atoms with van der Waals surface area (Å²) in [5.41, 5.74) is -2.72. The van der Waals surface area contributed by atoms with Gasteiger partial charge in [-0.1, -0.05) is 0 Å². The Labute approximate surface area is 157 Å². The molecule has 3 rings (SSSR count). The third-order valence-corrected chi connectivity index (χ3v) is 6.07. The number of rotatable bonds is 1. The van der Waals surface area contributed by atoms with Gasteiger partial charge in [-0.15, -0.1) is 0 Å². The van der Waals surface area contributed by atoms with Gasteiger partial charge in [0.25, 0.3) is 0 Å². The predicted molar refractivity (Wildman–Crippen MR) is 91.9 cm³/mol. The number of likely N-dealkylation sites (tertiary alicyclic amines) is 3. The number of carbonyl (C=O) groups is 2. The molecule has 0 bridgehead atoms. The maximum atomic E-state index is 13.1. The number of halogens is 3. The molecule has 154 valence electrons. The molecule has 2 unspecified atom stereocenters. The van der Waals surface area contributed by atoms with E-state index in [-0.39, 0.29) is 43.8 Å². The van der Waals surface area contributed by atoms with E-state index < -0.39 is 18.2 Å². The summed E-state index contributed by atoms with van der Waals surface area (Å²) in [5.74, 6) is -0.567. The molecule has 3 aliphatic heterocycles. The minimum atomic E-state index is -4.68. The van der Waals surface area contributed by atoms with Crippen LogP contribution in [0, 0.1) is 5.92 Å². The SMILES string of the molecule is O=C(C1CCCN(C(=O)N2CCCC2)C1)N1CCCC(O)(C(F)(F)F)CC1. The van der Waals surface area contributed by atoms with Gasteiger partial charge in [-0.05, 0) is 38.5 Å². The van der Waals surface area contributed by atoms with Gasteiger partial charge in [0.2, 0.25) is 5.91 Å². The fourth-order valence-corrected chi connectivity index (χ4v) is 4.34. The van der Waals surface area contributed by atoms with Gasteiger partial charge >= 0.3 is 12.2 Å². The van der Waals surface area contributed by atoms with Gasteiger partial charge in [0, 0.05) is 45.7 Å². The smallest absolute Gasteiger partial charge is 0.380 e. The fourth-order valence-electron chi connectivity index (χ4n) is 4.34. The van der Waals surface area contributed by atoms with Gasteiger partial charge < -0.3 is 19.8 Å². The molecule has 0 aromatic rings. The van der Waals surface area contributed by atoms with Crippen molar-refractivity contribution in [3.8, 4) is 0 Å². The number of alkyl halides is 3. The van der Waals surface area contributed by atoms with Crippen LogP contribution in [0.2, 0.25) is 0 Å². The lowest BCUT2D eigenvalue weighted by molar-refractivity contribution is -0.263. The highest BCUT2D eigenvalue weighted by atomic mass is 19.4. The van der Waals surface area contributed by atoms with E-state index in [0.29, 0.717) is 19.5 Å². The van der Waals surface area contributed by atoms with E-state index in [9.17, 15) is 27.9 Å². The Morgan fingerprint density at radius 1 is 0.852 bits per heavy atom. The van der Waals surface area contributed by atoms with Gasteiger partial charge in [-0.3, -0.25) is 4.79 Å². The first-order valence-electron chi connectivity index (χ1n) is 9.83. The number of piperidine rings is 1. The van der Waals surface area contributed by atoms with E-state index in [1.54, 1.807) is 4.90 Å². The summed E-state index contributed by atoms with van der Waals surface area (Å²) in [6.07, 6.45) is -2.09. The van der Waals surface area contributed by atoms with Crippen molar-refractivity contribution < 1.29 is 27.9 Å². The molecule has 0 radical (unpaired) electrons. The highest BCUT2D eigenvalue weighted by Gasteiger charge is 2.53. The second-order valence-electron chi connectivity index (χ2n) is 7.97. The monoisotopic (exact) mass is 391 g/mol. The van der Waals surface area contributed by atoms with Gasteiger partial charge in [-0.2, -0.15) is 13.2 Å². The molecule has 2 atom stereocenters. The first-order valence-corrected chi connectivity index (χ1v) is 9.83. The Balaban J connectivity index is 1.59. The molecule has 0 aromatic heterocycles. The second-order valence-corrected chi connectivity index (χ2v) is 7.97. The Morgan fingerprint density at radius 3 is 2.15 bits per heavy atom. The summed E-state index contributed by atoms with van der Waals surface area (Å²) in [6.45, 7) is 2.55. The molecule has 6 nitrogen and oxygen atoms in total. The van der Waals surface area contributed by atoms with Gasteiger partial charge in [-0.25, -0.2) is 4.79 Å². The standard InChI is InChI=1S/C18H28F3N3O3/c19-18(20,21)17(27)6-4-11-22(12-7-17)15(25)14-5-3-10-24(13-14)16(26)23-8-1-2-9-23/h14,27H,1-13H2. The minimum absolute atomic E-state index is 0.0349. The zero-order valence-corrected chi connectivity index (χ0v) is 15.5. The number of carbonyl (C=O) groups excluding carboxylic acids is 2. The lowest BCUT2D eigenvalue weighted by atomic mass is 9.94. The average molecular weight is 391 g/mol. The van der Waals surface area contributed by atoms with Crippen LogP contribution in [0.15, 0.2) is 0 Å². The molecule has 3 heterocycles. The molecule has 0 aliphatic carbocycles. The van der Waals surface area contributed by atoms with Crippen molar-refractivity contribution >= 4 is 11.9 Å². The topological polar surface area (TPSA) is 64.1 Å². The first kappa shape index (κ1) is 20.2. The summed E-state index contributed by atoms with van der Waals surface area (Å²) in [5, 5.41) is 9.91. The Morgan fingerprint density at radius 2 is 1.48 bits per heavy atom. The van der Waals surface area contributed by atoms with Crippen molar-refractivity contribution in [3.63, 3.8) is 0 Å². The van der Waals surface area contributed by atoms with Crippen LogP contribution >= 0.6 is 0 Å². The lowest BCUT2D eigenvalue weighted by Gasteiger charge is -2.36. The van der Waals surface area contributed by atoms with Crippen LogP contribution in [0.1, 0.15) is 44.9 Å². The summed E-state index contributed by atoms with van der Waals surface area (Å²) >= 11 is 0. The molecular weight excluding hydrogens is 363 g/mol. The molecule has 3 amide bonds. The van der Waals surface area contributed by atoms with E-state index >= 15 is 0 Å². The van der Waals surface area contributed by atoms with E-state index in [1.165, 1.54) is 4.90 Å². The highest BCUT2D eigenvalue weighted by Crippen LogP contribution is 2.38. The zero-order valence-electron chi connectivity index (χ0n) is 15.5. The number of nitrogens with zero attached hydrogens (tertiary/aromatic N) is 3. The number of hydrogen-bond acceptors (Lipinski definition) is 3. The lowest BCUT2D eigenvalue weighted by Crippen LogP contribution is -2.50. The van der Waals surface area contributed by atoms with Crippen LogP contribution in [-0.4, -0.2) is 82.8 Å². The summed E-state index contributed by atoms with van der Waals surface area (Å²) < 4.78 is 39.2. The molecule has 27 heavy (non-hydrogen) atoms. The van der Waals surface area contributed by atoms with Crippen molar-refractivity contribution in [3.05, 3.63) is 0 Å². The van der Waals surface area contributed by atoms with E-state index in [4.69, 9.17) is 0 Å². The van der Waals surface area contributed by atoms with Crippen molar-refractivity contribution in [1.29, 1.82) is 0 Å². The van der Waals surface area contributed by atoms with Crippen LogP contribution in [0.25, 0.3) is 0 Å². The number of amides is 3. The van der Waals surface area contributed by atoms with Crippen LogP contribution in [0.4, 0.5) is 18.0 Å². The third kappa shape index (κ3) is 4.33. The Bertz CT molecular complexity index is 566. The Hall–Kier alpha value is -1.51. The maximum absolute atomic E-state index is 13.1. The van der Waals surface area contributed by atoms with Crippen molar-refractivity contribution in [2.45, 2.75) is 56.7 Å². The third-order valence-electron chi connectivity index (χ3n) is 6.07. The fraction of sp³-hybridized carbons (Fsp3) is 0.889. The van der Waals surface area contributed by atoms with E-state index in [0.717, 1.165) is 32.4 Å². The molecule has 0 aromatic carbocycles. The molecule has 3 aliphatic rings. The first-order chi connectivity index (χ1) is 12.7. The number of hydrogen-bond donors (Lipinski definition) is 1. The molecule has 1 N–H and O–H groups in total. The van der Waals surface area contributed by atoms with Crippen LogP contribution in [0.3, 0.4) is 0 Å². The van der Waals surface area contributed by atoms with Crippen LogP contribution in [-0.2, 0) is 4.79 Å². The molecule has 3 saturated heterocycles. The van der Waals surface area contributed by atoms with Crippen molar-refractivity contribution in [2.24, 2.45) is 5.92 Å². The maximum Gasteiger partial charge on any atom is 0.417 e. The molecule has 0 spiro atoms. The summed E-state index contributed by atoms with van der Waals surface area (Å²) in [4.78, 5) is 30.4. The minimum Gasteiger partial charge on any atom is -0.380 e. The molecule has 9 heteroatoms. The van der Waals surface area contributed by atoms with E-state index in [2.05, 4.69) is 0 Å². The van der Waals surface area contributed by atoms with Gasteiger partial charge in [0.1, 0.15) is 0 Å². The van der Waals surface area contributed by atoms with Crippen molar-refractivity contribution in [2.75, 3.05) is 39.3 Å². The predicted octanol–water partition coefficient (Wildman–Crippen LogP) is 2.22. The van der Waals surface area contributed by atoms with Crippen molar-refractivity contribution in [1.82, 2.24) is 14.7 Å². The Kier molecular flexibility index (Phi) is 5.88. The van der Waals surface area contributed by atoms with Gasteiger partial charge in [0.15, 0.2) is 5.60 Å². The van der Waals surface area contributed by atoms with E-state index in [1.807, 2.05) is 4.90 Å². The summed E-state index contributed by atoms with van der Waals surface area (Å²) in [7, 11) is 0. The summed E-state index contributed by atoms with van der Waals surface area (Å²) in [6, 6.07) is -0.0349. The van der Waals surface area contributed by atoms with Crippen LogP contribution in [0.5, 0.6) is 0 Å². The second kappa shape index (κ2) is 7.85. The number of urea groups is 1. The average Bonchev–Trinajstić information content (AvgIpc) is 3.09. The zero-order chi connectivity index (χ0) is 19.7. The quantitative estimate of drug-likeness (QED) is 0.746. The van der Waals surface area contributed by atoms with Gasteiger partial charge in [0.05, 0.1) is 5.92 Å². The molecule has 0 saturated carbocycles. The number of aliphatic hydroxyl groups is 1. The molecular formula is C18H28F3N3O3. The van der Waals surface area contributed by atoms with Crippen LogP contribution < -0.4 is 0 Å².